The van der Waals surface area contributed by atoms with E-state index in [9.17, 15) is 22.4 Å². The molecule has 6 nitrogen and oxygen atoms in total. The van der Waals surface area contributed by atoms with Crippen molar-refractivity contribution in [1.29, 1.82) is 0 Å². The van der Waals surface area contributed by atoms with Gasteiger partial charge < -0.3 is 10.2 Å². The van der Waals surface area contributed by atoms with Crippen LogP contribution in [0.5, 0.6) is 0 Å². The lowest BCUT2D eigenvalue weighted by molar-refractivity contribution is -0.137. The molecule has 0 radical (unpaired) electrons. The summed E-state index contributed by atoms with van der Waals surface area (Å²) in [6.45, 7) is 4.19. The van der Waals surface area contributed by atoms with E-state index in [4.69, 9.17) is 0 Å². The van der Waals surface area contributed by atoms with Gasteiger partial charge in [0.25, 0.3) is 5.91 Å². The van der Waals surface area contributed by atoms with Crippen LogP contribution in [0.15, 0.2) is 48.5 Å². The van der Waals surface area contributed by atoms with Crippen LogP contribution in [0.2, 0.25) is 0 Å². The molecule has 34 heavy (non-hydrogen) atoms. The zero-order valence-corrected chi connectivity index (χ0v) is 19.0. The van der Waals surface area contributed by atoms with Crippen molar-refractivity contribution in [3.05, 3.63) is 76.9 Å². The molecule has 1 aliphatic heterocycles. The zero-order chi connectivity index (χ0) is 24.1. The van der Waals surface area contributed by atoms with Crippen LogP contribution in [-0.2, 0) is 12.6 Å². The highest BCUT2D eigenvalue weighted by Gasteiger charge is 2.30. The summed E-state index contributed by atoms with van der Waals surface area (Å²) in [5.41, 5.74) is 0.374. The average Bonchev–Trinajstić information content (AvgIpc) is 3.29. The highest BCUT2D eigenvalue weighted by molar-refractivity contribution is 7.09. The Morgan fingerprint density at radius 2 is 1.68 bits per heavy atom. The largest absolute Gasteiger partial charge is 0.416 e. The number of halogens is 4. The fraction of sp³-hybridized carbons (Fsp3) is 0.348. The van der Waals surface area contributed by atoms with Gasteiger partial charge in [0, 0.05) is 62.8 Å². The Balaban J connectivity index is 1.19. The van der Waals surface area contributed by atoms with Crippen molar-refractivity contribution >= 4 is 22.6 Å². The number of piperazine rings is 1. The zero-order valence-electron chi connectivity index (χ0n) is 18.2. The third kappa shape index (κ3) is 6.29. The molecule has 3 aromatic rings. The second-order valence-electron chi connectivity index (χ2n) is 7.96. The Kier molecular flexibility index (Phi) is 7.42. The summed E-state index contributed by atoms with van der Waals surface area (Å²) >= 11 is 1.35. The Morgan fingerprint density at radius 3 is 2.32 bits per heavy atom. The van der Waals surface area contributed by atoms with Crippen molar-refractivity contribution in [3.63, 3.8) is 0 Å². The van der Waals surface area contributed by atoms with Crippen LogP contribution in [-0.4, -0.2) is 59.4 Å². The number of amides is 1. The minimum Gasteiger partial charge on any atom is -0.351 e. The van der Waals surface area contributed by atoms with Gasteiger partial charge in [0.05, 0.1) is 5.56 Å². The van der Waals surface area contributed by atoms with Crippen LogP contribution in [0.1, 0.15) is 27.3 Å². The maximum Gasteiger partial charge on any atom is 0.416 e. The Bertz CT molecular complexity index is 1090. The molecule has 1 aromatic heterocycles. The number of aromatic nitrogens is 2. The van der Waals surface area contributed by atoms with Gasteiger partial charge in [-0.05, 0) is 42.0 Å². The molecule has 1 aliphatic rings. The molecule has 4 rings (SSSR count). The van der Waals surface area contributed by atoms with Gasteiger partial charge in [-0.2, -0.15) is 17.5 Å². The third-order valence-corrected chi connectivity index (χ3v) is 6.38. The van der Waals surface area contributed by atoms with E-state index in [1.54, 1.807) is 12.1 Å². The fourth-order valence-corrected chi connectivity index (χ4v) is 4.37. The predicted molar refractivity (Wildman–Crippen MR) is 122 cm³/mol. The summed E-state index contributed by atoms with van der Waals surface area (Å²) in [7, 11) is 0. The molecule has 1 N–H and O–H groups in total. The van der Waals surface area contributed by atoms with Crippen LogP contribution in [0, 0.1) is 5.82 Å². The summed E-state index contributed by atoms with van der Waals surface area (Å²) in [4.78, 5) is 21.2. The first-order valence-electron chi connectivity index (χ1n) is 10.8. The first kappa shape index (κ1) is 24.1. The topological polar surface area (TPSA) is 61.4 Å². The molecule has 1 amide bonds. The molecule has 1 saturated heterocycles. The lowest BCUT2D eigenvalue weighted by Gasteiger charge is -2.34. The van der Waals surface area contributed by atoms with Crippen LogP contribution >= 0.6 is 11.5 Å². The predicted octanol–water partition coefficient (Wildman–Crippen LogP) is 3.84. The van der Waals surface area contributed by atoms with Crippen molar-refractivity contribution in [2.45, 2.75) is 12.6 Å². The molecule has 2 heterocycles. The maximum atomic E-state index is 13.1. The second-order valence-corrected chi connectivity index (χ2v) is 8.69. The highest BCUT2D eigenvalue weighted by Crippen LogP contribution is 2.29. The van der Waals surface area contributed by atoms with Gasteiger partial charge in [0.1, 0.15) is 11.6 Å². The van der Waals surface area contributed by atoms with Crippen LogP contribution in [0.4, 0.5) is 22.7 Å². The summed E-state index contributed by atoms with van der Waals surface area (Å²) in [6.07, 6.45) is -3.87. The standard InChI is InChI=1S/C23H23F4N5OS/c24-19-7-1-16(2-8-19)15-20-29-22(34-30-20)32-13-11-31(12-14-32)10-9-28-21(33)17-3-5-18(6-4-17)23(25,26)27/h1-8H,9-15H2,(H,28,33). The molecule has 0 saturated carbocycles. The summed E-state index contributed by atoms with van der Waals surface area (Å²) < 4.78 is 55.4. The van der Waals surface area contributed by atoms with E-state index in [-0.39, 0.29) is 11.4 Å². The number of rotatable bonds is 7. The van der Waals surface area contributed by atoms with Gasteiger partial charge in [-0.25, -0.2) is 9.37 Å². The molecule has 1 fully saturated rings. The molecule has 2 aromatic carbocycles. The SMILES string of the molecule is O=C(NCCN1CCN(c2nc(Cc3ccc(F)cc3)ns2)CC1)c1ccc(C(F)(F)F)cc1. The molecule has 0 spiro atoms. The molecule has 0 atom stereocenters. The normalized spacial score (nSPS) is 14.9. The Morgan fingerprint density at radius 1 is 1.00 bits per heavy atom. The van der Waals surface area contributed by atoms with E-state index < -0.39 is 17.6 Å². The number of carbonyl (C=O) groups is 1. The number of alkyl halides is 3. The first-order valence-corrected chi connectivity index (χ1v) is 11.5. The van der Waals surface area contributed by atoms with Crippen LogP contribution in [0.25, 0.3) is 0 Å². The molecular weight excluding hydrogens is 470 g/mol. The number of nitrogens with zero attached hydrogens (tertiary/aromatic N) is 4. The van der Waals surface area contributed by atoms with Gasteiger partial charge in [-0.3, -0.25) is 9.69 Å². The number of hydrogen-bond donors (Lipinski definition) is 1. The summed E-state index contributed by atoms with van der Waals surface area (Å²) in [6, 6.07) is 10.5. The summed E-state index contributed by atoms with van der Waals surface area (Å²) in [5, 5.41) is 3.61. The third-order valence-electron chi connectivity index (χ3n) is 5.56. The van der Waals surface area contributed by atoms with E-state index in [1.807, 2.05) is 0 Å². The molecule has 0 unspecified atom stereocenters. The minimum atomic E-state index is -4.42. The van der Waals surface area contributed by atoms with Gasteiger partial charge in [0.2, 0.25) is 5.13 Å². The van der Waals surface area contributed by atoms with Gasteiger partial charge in [-0.15, -0.1) is 0 Å². The lowest BCUT2D eigenvalue weighted by atomic mass is 10.1. The van der Waals surface area contributed by atoms with Crippen molar-refractivity contribution in [2.75, 3.05) is 44.2 Å². The van der Waals surface area contributed by atoms with E-state index in [0.717, 1.165) is 49.0 Å². The van der Waals surface area contributed by atoms with E-state index in [1.165, 1.54) is 35.8 Å². The smallest absolute Gasteiger partial charge is 0.351 e. The molecule has 180 valence electrons. The van der Waals surface area contributed by atoms with E-state index in [2.05, 4.69) is 24.5 Å². The second kappa shape index (κ2) is 10.5. The van der Waals surface area contributed by atoms with Gasteiger partial charge in [0.15, 0.2) is 0 Å². The minimum absolute atomic E-state index is 0.200. The molecule has 0 bridgehead atoms. The molecule has 0 aliphatic carbocycles. The van der Waals surface area contributed by atoms with Crippen LogP contribution in [0.3, 0.4) is 0 Å². The molecular formula is C23H23F4N5OS. The first-order chi connectivity index (χ1) is 16.3. The summed E-state index contributed by atoms with van der Waals surface area (Å²) in [5.74, 6) is 0.0441. The van der Waals surface area contributed by atoms with Crippen molar-refractivity contribution in [3.8, 4) is 0 Å². The average molecular weight is 494 g/mol. The maximum absolute atomic E-state index is 13.1. The van der Waals surface area contributed by atoms with Crippen molar-refractivity contribution in [1.82, 2.24) is 19.6 Å². The fourth-order valence-electron chi connectivity index (χ4n) is 3.63. The monoisotopic (exact) mass is 493 g/mol. The molecule has 11 heteroatoms. The number of nitrogens with one attached hydrogen (secondary N) is 1. The highest BCUT2D eigenvalue weighted by atomic mass is 32.1. The van der Waals surface area contributed by atoms with Crippen molar-refractivity contribution in [2.24, 2.45) is 0 Å². The number of hydrogen-bond acceptors (Lipinski definition) is 6. The number of carbonyl (C=O) groups excluding carboxylic acids is 1. The quantitative estimate of drug-likeness (QED) is 0.507. The van der Waals surface area contributed by atoms with E-state index in [0.29, 0.717) is 25.3 Å². The van der Waals surface area contributed by atoms with Crippen molar-refractivity contribution < 1.29 is 22.4 Å². The lowest BCUT2D eigenvalue weighted by Crippen LogP contribution is -2.48. The van der Waals surface area contributed by atoms with Gasteiger partial charge in [-0.1, -0.05) is 12.1 Å². The van der Waals surface area contributed by atoms with E-state index >= 15 is 0 Å². The number of benzene rings is 2. The van der Waals surface area contributed by atoms with Crippen LogP contribution < -0.4 is 10.2 Å². The van der Waals surface area contributed by atoms with Gasteiger partial charge >= 0.3 is 6.18 Å². The Hall–Kier alpha value is -3.05. The Labute approximate surface area is 198 Å². The number of anilines is 1.